The molecule has 8 nitrogen and oxygen atoms in total. The Morgan fingerprint density at radius 2 is 2.00 bits per heavy atom. The molecule has 1 aromatic heterocycles. The third kappa shape index (κ3) is 5.99. The molecule has 0 saturated carbocycles. The minimum absolute atomic E-state index is 0.110. The van der Waals surface area contributed by atoms with Gasteiger partial charge in [0.15, 0.2) is 0 Å². The number of aromatic nitrogens is 1. The fourth-order valence-electron chi connectivity index (χ4n) is 3.67. The van der Waals surface area contributed by atoms with E-state index in [0.717, 1.165) is 6.07 Å². The van der Waals surface area contributed by atoms with Crippen LogP contribution in [0.2, 0.25) is 0 Å². The lowest BCUT2D eigenvalue weighted by atomic mass is 9.90. The van der Waals surface area contributed by atoms with Gasteiger partial charge in [0.05, 0.1) is 5.60 Å². The van der Waals surface area contributed by atoms with Crippen LogP contribution in [0.5, 0.6) is 11.6 Å². The summed E-state index contributed by atoms with van der Waals surface area (Å²) < 4.78 is 50.4. The highest BCUT2D eigenvalue weighted by Gasteiger charge is 2.36. The van der Waals surface area contributed by atoms with E-state index in [4.69, 9.17) is 15.2 Å². The monoisotopic (exact) mass is 466 g/mol. The number of piperidine rings is 1. The first-order valence-electron chi connectivity index (χ1n) is 10.3. The number of likely N-dealkylation sites (tertiary alicyclic amines) is 1. The molecule has 11 heteroatoms. The highest BCUT2D eigenvalue weighted by atomic mass is 19.4. The van der Waals surface area contributed by atoms with E-state index in [1.165, 1.54) is 18.2 Å². The maximum Gasteiger partial charge on any atom is 0.433 e. The van der Waals surface area contributed by atoms with Gasteiger partial charge < -0.3 is 25.4 Å². The van der Waals surface area contributed by atoms with Gasteiger partial charge in [-0.15, -0.1) is 0 Å². The van der Waals surface area contributed by atoms with E-state index < -0.39 is 17.5 Å². The van der Waals surface area contributed by atoms with Crippen LogP contribution in [0.1, 0.15) is 34.5 Å². The quantitative estimate of drug-likeness (QED) is 0.580. The molecule has 3 rings (SSSR count). The maximum atomic E-state index is 13.1. The van der Waals surface area contributed by atoms with E-state index in [1.54, 1.807) is 24.1 Å². The number of carbonyl (C=O) groups is 2. The van der Waals surface area contributed by atoms with Crippen LogP contribution in [-0.2, 0) is 22.3 Å². The molecular formula is C22H25F3N4O4. The summed E-state index contributed by atoms with van der Waals surface area (Å²) in [7, 11) is 1.57. The third-order valence-corrected chi connectivity index (χ3v) is 5.59. The Kier molecular flexibility index (Phi) is 7.54. The molecule has 1 aromatic carbocycles. The normalized spacial score (nSPS) is 15.7. The Balaban J connectivity index is 1.73. The molecule has 3 N–H and O–H groups in total. The van der Waals surface area contributed by atoms with Crippen molar-refractivity contribution in [1.29, 1.82) is 0 Å². The van der Waals surface area contributed by atoms with Gasteiger partial charge in [-0.25, -0.2) is 4.98 Å². The number of methoxy groups -OCH3 is 1. The Hall–Kier alpha value is -3.18. The molecule has 0 bridgehead atoms. The average Bonchev–Trinajstić information content (AvgIpc) is 2.82. The van der Waals surface area contributed by atoms with Crippen LogP contribution in [0, 0.1) is 0 Å². The number of benzene rings is 1. The fraction of sp³-hybridized carbons (Fsp3) is 0.409. The van der Waals surface area contributed by atoms with Gasteiger partial charge >= 0.3 is 6.18 Å². The van der Waals surface area contributed by atoms with Crippen molar-refractivity contribution >= 4 is 12.3 Å². The molecule has 1 saturated heterocycles. The molecule has 0 spiro atoms. The summed E-state index contributed by atoms with van der Waals surface area (Å²) in [4.78, 5) is 28.8. The van der Waals surface area contributed by atoms with Crippen LogP contribution in [0.3, 0.4) is 0 Å². The molecule has 1 fully saturated rings. The number of nitrogens with zero attached hydrogens (tertiary/aromatic N) is 2. The highest BCUT2D eigenvalue weighted by molar-refractivity contribution is 5.94. The summed E-state index contributed by atoms with van der Waals surface area (Å²) >= 11 is 0. The highest BCUT2D eigenvalue weighted by Crippen LogP contribution is 2.32. The lowest BCUT2D eigenvalue weighted by Crippen LogP contribution is -2.52. The van der Waals surface area contributed by atoms with Crippen LogP contribution in [-0.4, -0.2) is 54.5 Å². The van der Waals surface area contributed by atoms with Crippen molar-refractivity contribution in [3.05, 3.63) is 53.2 Å². The molecule has 2 aromatic rings. The third-order valence-electron chi connectivity index (χ3n) is 5.59. The van der Waals surface area contributed by atoms with Gasteiger partial charge in [0.2, 0.25) is 12.3 Å². The van der Waals surface area contributed by atoms with Gasteiger partial charge in [-0.3, -0.25) is 9.59 Å². The summed E-state index contributed by atoms with van der Waals surface area (Å²) in [6, 6.07) is 8.36. The van der Waals surface area contributed by atoms with E-state index in [2.05, 4.69) is 10.3 Å². The van der Waals surface area contributed by atoms with Crippen molar-refractivity contribution in [2.45, 2.75) is 31.2 Å². The lowest BCUT2D eigenvalue weighted by Gasteiger charge is -2.40. The lowest BCUT2D eigenvalue weighted by molar-refractivity contribution is -0.141. The summed E-state index contributed by atoms with van der Waals surface area (Å²) in [6.45, 7) is 1.09. The Bertz CT molecular complexity index is 992. The number of rotatable bonds is 8. The Morgan fingerprint density at radius 1 is 1.27 bits per heavy atom. The number of nitrogens with two attached hydrogens (primary N) is 1. The molecular weight excluding hydrogens is 441 g/mol. The molecule has 0 atom stereocenters. The molecule has 178 valence electrons. The fourth-order valence-corrected chi connectivity index (χ4v) is 3.67. The Morgan fingerprint density at radius 3 is 2.61 bits per heavy atom. The minimum Gasteiger partial charge on any atom is -0.439 e. The minimum atomic E-state index is -4.64. The average molecular weight is 466 g/mol. The van der Waals surface area contributed by atoms with Gasteiger partial charge in [-0.05, 0) is 42.7 Å². The molecule has 1 aliphatic heterocycles. The second-order valence-electron chi connectivity index (χ2n) is 7.71. The predicted molar refractivity (Wildman–Crippen MR) is 113 cm³/mol. The molecule has 0 unspecified atom stereocenters. The van der Waals surface area contributed by atoms with Gasteiger partial charge in [-0.2, -0.15) is 13.2 Å². The number of alkyl halides is 3. The molecule has 0 aliphatic carbocycles. The smallest absolute Gasteiger partial charge is 0.433 e. The summed E-state index contributed by atoms with van der Waals surface area (Å²) in [6.07, 6.45) is -2.95. The summed E-state index contributed by atoms with van der Waals surface area (Å²) in [5.74, 6) is -0.331. The van der Waals surface area contributed by atoms with E-state index in [1.807, 2.05) is 0 Å². The van der Waals surface area contributed by atoms with Crippen molar-refractivity contribution < 1.29 is 32.2 Å². The standard InChI is InChI=1S/C22H25F3N4O4/c1-32-21(13-27-14-30)5-7-29(8-6-21)20(31)16-3-2-4-17(11-16)33-19-10-15(12-26)9-18(28-19)22(23,24)25/h2-4,9-11,14H,5-8,12-13,26H2,1H3,(H,27,30). The largest absolute Gasteiger partial charge is 0.439 e. The number of halogens is 3. The first-order chi connectivity index (χ1) is 15.7. The number of amides is 2. The number of carbonyl (C=O) groups excluding carboxylic acids is 2. The maximum absolute atomic E-state index is 13.1. The van der Waals surface area contributed by atoms with Crippen LogP contribution < -0.4 is 15.8 Å². The summed E-state index contributed by atoms with van der Waals surface area (Å²) in [5, 5.41) is 2.63. The van der Waals surface area contributed by atoms with Crippen molar-refractivity contribution in [2.24, 2.45) is 5.73 Å². The van der Waals surface area contributed by atoms with Crippen molar-refractivity contribution in [3.8, 4) is 11.6 Å². The number of pyridine rings is 1. The Labute approximate surface area is 188 Å². The molecule has 33 heavy (non-hydrogen) atoms. The van der Waals surface area contributed by atoms with E-state index >= 15 is 0 Å². The number of hydrogen-bond acceptors (Lipinski definition) is 6. The van der Waals surface area contributed by atoms with E-state index in [9.17, 15) is 22.8 Å². The predicted octanol–water partition coefficient (Wildman–Crippen LogP) is 2.72. The zero-order chi connectivity index (χ0) is 24.1. The number of hydrogen-bond donors (Lipinski definition) is 2. The zero-order valence-electron chi connectivity index (χ0n) is 18.0. The zero-order valence-corrected chi connectivity index (χ0v) is 18.0. The number of nitrogens with one attached hydrogen (secondary N) is 1. The molecule has 2 heterocycles. The molecule has 2 amide bonds. The van der Waals surface area contributed by atoms with Gasteiger partial charge in [0, 0.05) is 44.9 Å². The van der Waals surface area contributed by atoms with Crippen LogP contribution in [0.25, 0.3) is 0 Å². The van der Waals surface area contributed by atoms with Crippen LogP contribution in [0.4, 0.5) is 13.2 Å². The summed E-state index contributed by atoms with van der Waals surface area (Å²) in [5.41, 5.74) is 4.41. The van der Waals surface area contributed by atoms with Crippen molar-refractivity contribution in [3.63, 3.8) is 0 Å². The second-order valence-corrected chi connectivity index (χ2v) is 7.71. The van der Waals surface area contributed by atoms with Crippen LogP contribution in [0.15, 0.2) is 36.4 Å². The van der Waals surface area contributed by atoms with Gasteiger partial charge in [0.25, 0.3) is 5.91 Å². The molecule has 1 aliphatic rings. The SMILES string of the molecule is COC1(CNC=O)CCN(C(=O)c2cccc(Oc3cc(CN)cc(C(F)(F)F)n3)c2)CC1. The van der Waals surface area contributed by atoms with Crippen molar-refractivity contribution in [1.82, 2.24) is 15.2 Å². The first kappa shape index (κ1) is 24.5. The van der Waals surface area contributed by atoms with Crippen LogP contribution >= 0.6 is 0 Å². The van der Waals surface area contributed by atoms with Crippen molar-refractivity contribution in [2.75, 3.05) is 26.7 Å². The first-order valence-corrected chi connectivity index (χ1v) is 10.3. The van der Waals surface area contributed by atoms with E-state index in [0.29, 0.717) is 44.4 Å². The number of ether oxygens (including phenoxy) is 2. The van der Waals surface area contributed by atoms with E-state index in [-0.39, 0.29) is 29.6 Å². The van der Waals surface area contributed by atoms with Gasteiger partial charge in [-0.1, -0.05) is 6.07 Å². The topological polar surface area (TPSA) is 107 Å². The van der Waals surface area contributed by atoms with Gasteiger partial charge in [0.1, 0.15) is 11.4 Å². The molecule has 0 radical (unpaired) electrons. The second kappa shape index (κ2) is 10.2.